The molecule has 0 heterocycles. The molecule has 0 bridgehead atoms. The maximum Gasteiger partial charge on any atom is 0.269 e. The number of hydrogen-bond donors (Lipinski definition) is 2. The lowest BCUT2D eigenvalue weighted by molar-refractivity contribution is -0.384. The van der Waals surface area contributed by atoms with Crippen LogP contribution in [-0.2, 0) is 4.79 Å². The van der Waals surface area contributed by atoms with Crippen molar-refractivity contribution in [1.82, 2.24) is 10.7 Å². The van der Waals surface area contributed by atoms with Crippen molar-refractivity contribution in [2.24, 2.45) is 5.10 Å². The van der Waals surface area contributed by atoms with Crippen LogP contribution in [0.4, 0.5) is 10.1 Å². The zero-order valence-electron chi connectivity index (χ0n) is 12.8. The van der Waals surface area contributed by atoms with Crippen molar-refractivity contribution >= 4 is 23.7 Å². The third kappa shape index (κ3) is 5.50. The van der Waals surface area contributed by atoms with Crippen LogP contribution in [0, 0.1) is 15.9 Å². The van der Waals surface area contributed by atoms with E-state index in [-0.39, 0.29) is 17.8 Å². The number of hydrogen-bond acceptors (Lipinski definition) is 5. The van der Waals surface area contributed by atoms with Gasteiger partial charge in [-0.3, -0.25) is 19.7 Å². The van der Waals surface area contributed by atoms with Crippen molar-refractivity contribution < 1.29 is 18.9 Å². The fourth-order valence-corrected chi connectivity index (χ4v) is 1.79. The summed E-state index contributed by atoms with van der Waals surface area (Å²) in [5, 5.41) is 16.5. The predicted molar refractivity (Wildman–Crippen MR) is 87.6 cm³/mol. The summed E-state index contributed by atoms with van der Waals surface area (Å²) in [4.78, 5) is 33.3. The molecule has 2 aromatic rings. The van der Waals surface area contributed by atoms with Crippen LogP contribution in [0.2, 0.25) is 0 Å². The summed E-state index contributed by atoms with van der Waals surface area (Å²) in [5.74, 6) is -1.72. The van der Waals surface area contributed by atoms with Crippen LogP contribution in [0.1, 0.15) is 15.9 Å². The second kappa shape index (κ2) is 8.29. The summed E-state index contributed by atoms with van der Waals surface area (Å²) >= 11 is 0. The number of nitrogens with one attached hydrogen (secondary N) is 2. The van der Waals surface area contributed by atoms with Gasteiger partial charge in [0.15, 0.2) is 0 Å². The molecule has 0 saturated heterocycles. The van der Waals surface area contributed by atoms with E-state index in [0.717, 1.165) is 6.07 Å². The van der Waals surface area contributed by atoms with Crippen molar-refractivity contribution in [3.05, 3.63) is 75.6 Å². The Kier molecular flexibility index (Phi) is 5.88. The molecule has 0 saturated carbocycles. The van der Waals surface area contributed by atoms with Gasteiger partial charge in [-0.15, -0.1) is 0 Å². The standard InChI is InChI=1S/C16H13FN4O4/c17-13-3-1-2-12(8-13)16(23)18-10-15(22)20-19-9-11-4-6-14(7-5-11)21(24)25/h1-9H,10H2,(H,18,23)(H,20,22)/b19-9-. The largest absolute Gasteiger partial charge is 0.343 e. The third-order valence-electron chi connectivity index (χ3n) is 3.00. The number of non-ortho nitro benzene ring substituents is 1. The minimum atomic E-state index is -0.589. The van der Waals surface area contributed by atoms with E-state index in [1.165, 1.54) is 48.7 Å². The molecule has 0 unspecified atom stereocenters. The lowest BCUT2D eigenvalue weighted by Crippen LogP contribution is -2.34. The van der Waals surface area contributed by atoms with Gasteiger partial charge in [-0.1, -0.05) is 6.07 Å². The molecular weight excluding hydrogens is 331 g/mol. The van der Waals surface area contributed by atoms with Crippen molar-refractivity contribution in [3.63, 3.8) is 0 Å². The summed E-state index contributed by atoms with van der Waals surface area (Å²) in [6.45, 7) is -0.340. The van der Waals surface area contributed by atoms with Gasteiger partial charge in [0.2, 0.25) is 0 Å². The molecule has 0 aliphatic rings. The van der Waals surface area contributed by atoms with Crippen LogP contribution in [0.15, 0.2) is 53.6 Å². The van der Waals surface area contributed by atoms with E-state index in [2.05, 4.69) is 15.8 Å². The molecule has 8 nitrogen and oxygen atoms in total. The number of carbonyl (C=O) groups is 2. The number of benzene rings is 2. The fraction of sp³-hybridized carbons (Fsp3) is 0.0625. The highest BCUT2D eigenvalue weighted by Crippen LogP contribution is 2.10. The highest BCUT2D eigenvalue weighted by molar-refractivity contribution is 5.96. The summed E-state index contributed by atoms with van der Waals surface area (Å²) in [6.07, 6.45) is 1.30. The summed E-state index contributed by atoms with van der Waals surface area (Å²) in [7, 11) is 0. The number of hydrazone groups is 1. The van der Waals surface area contributed by atoms with Gasteiger partial charge in [-0.25, -0.2) is 9.82 Å². The quantitative estimate of drug-likeness (QED) is 0.471. The van der Waals surface area contributed by atoms with Gasteiger partial charge in [0, 0.05) is 17.7 Å². The predicted octanol–water partition coefficient (Wildman–Crippen LogP) is 1.61. The Balaban J connectivity index is 1.80. The molecule has 2 aromatic carbocycles. The summed E-state index contributed by atoms with van der Waals surface area (Å²) in [5.41, 5.74) is 2.79. The molecule has 2 rings (SSSR count). The number of rotatable bonds is 6. The number of nitrogens with zero attached hydrogens (tertiary/aromatic N) is 2. The van der Waals surface area contributed by atoms with Crippen molar-refractivity contribution in [2.75, 3.05) is 6.54 Å². The van der Waals surface area contributed by atoms with Gasteiger partial charge in [0.1, 0.15) is 5.82 Å². The average Bonchev–Trinajstić information content (AvgIpc) is 2.60. The minimum absolute atomic E-state index is 0.0544. The lowest BCUT2D eigenvalue weighted by Gasteiger charge is -2.04. The zero-order chi connectivity index (χ0) is 18.2. The molecule has 0 aromatic heterocycles. The SMILES string of the molecule is O=C(CNC(=O)c1cccc(F)c1)N/N=C\c1ccc([N+](=O)[O-])cc1. The van der Waals surface area contributed by atoms with Gasteiger partial charge < -0.3 is 5.32 Å². The Morgan fingerprint density at radius 2 is 1.92 bits per heavy atom. The van der Waals surface area contributed by atoms with Crippen LogP contribution in [0.5, 0.6) is 0 Å². The van der Waals surface area contributed by atoms with E-state index in [9.17, 15) is 24.1 Å². The molecule has 2 amide bonds. The van der Waals surface area contributed by atoms with Crippen LogP contribution >= 0.6 is 0 Å². The highest BCUT2D eigenvalue weighted by atomic mass is 19.1. The first-order valence-electron chi connectivity index (χ1n) is 7.06. The van der Waals surface area contributed by atoms with Crippen LogP contribution in [-0.4, -0.2) is 29.5 Å². The first-order valence-corrected chi connectivity index (χ1v) is 7.06. The molecular formula is C16H13FN4O4. The highest BCUT2D eigenvalue weighted by Gasteiger charge is 2.08. The van der Waals surface area contributed by atoms with Crippen molar-refractivity contribution in [3.8, 4) is 0 Å². The summed E-state index contributed by atoms with van der Waals surface area (Å²) in [6, 6.07) is 10.6. The van der Waals surface area contributed by atoms with E-state index in [4.69, 9.17) is 0 Å². The second-order valence-electron chi connectivity index (χ2n) is 4.83. The molecule has 0 fully saturated rings. The smallest absolute Gasteiger partial charge is 0.269 e. The Hall–Kier alpha value is -3.62. The Morgan fingerprint density at radius 3 is 2.56 bits per heavy atom. The Morgan fingerprint density at radius 1 is 1.20 bits per heavy atom. The van der Waals surface area contributed by atoms with Gasteiger partial charge in [0.05, 0.1) is 17.7 Å². The van der Waals surface area contributed by atoms with E-state index >= 15 is 0 Å². The number of carbonyl (C=O) groups excluding carboxylic acids is 2. The molecule has 128 valence electrons. The normalized spacial score (nSPS) is 10.4. The van der Waals surface area contributed by atoms with E-state index < -0.39 is 22.6 Å². The second-order valence-corrected chi connectivity index (χ2v) is 4.83. The summed E-state index contributed by atoms with van der Waals surface area (Å²) < 4.78 is 13.0. The van der Waals surface area contributed by atoms with Gasteiger partial charge in [0.25, 0.3) is 17.5 Å². The van der Waals surface area contributed by atoms with Gasteiger partial charge >= 0.3 is 0 Å². The fourth-order valence-electron chi connectivity index (χ4n) is 1.79. The molecule has 9 heteroatoms. The molecule has 2 N–H and O–H groups in total. The van der Waals surface area contributed by atoms with Crippen LogP contribution < -0.4 is 10.7 Å². The molecule has 0 radical (unpaired) electrons. The molecule has 0 aliphatic carbocycles. The maximum atomic E-state index is 13.0. The van der Waals surface area contributed by atoms with Gasteiger partial charge in [-0.05, 0) is 35.9 Å². The van der Waals surface area contributed by atoms with E-state index in [1.54, 1.807) is 0 Å². The minimum Gasteiger partial charge on any atom is -0.343 e. The molecule has 0 aliphatic heterocycles. The average molecular weight is 344 g/mol. The number of halogens is 1. The first-order chi connectivity index (χ1) is 12.0. The molecule has 0 spiro atoms. The Labute approximate surface area is 141 Å². The molecule has 25 heavy (non-hydrogen) atoms. The van der Waals surface area contributed by atoms with Crippen molar-refractivity contribution in [2.45, 2.75) is 0 Å². The first kappa shape index (κ1) is 17.7. The van der Waals surface area contributed by atoms with Crippen LogP contribution in [0.25, 0.3) is 0 Å². The lowest BCUT2D eigenvalue weighted by atomic mass is 10.2. The number of nitro groups is 1. The third-order valence-corrected chi connectivity index (χ3v) is 3.00. The van der Waals surface area contributed by atoms with E-state index in [0.29, 0.717) is 5.56 Å². The number of amides is 2. The van der Waals surface area contributed by atoms with Crippen molar-refractivity contribution in [1.29, 1.82) is 0 Å². The topological polar surface area (TPSA) is 114 Å². The van der Waals surface area contributed by atoms with E-state index in [1.807, 2.05) is 0 Å². The van der Waals surface area contributed by atoms with Crippen LogP contribution in [0.3, 0.4) is 0 Å². The Bertz CT molecular complexity index is 821. The molecule has 0 atom stereocenters. The number of nitro benzene ring substituents is 1. The zero-order valence-corrected chi connectivity index (χ0v) is 12.8. The monoisotopic (exact) mass is 344 g/mol. The maximum absolute atomic E-state index is 13.0. The van der Waals surface area contributed by atoms with Gasteiger partial charge in [-0.2, -0.15) is 5.10 Å².